The van der Waals surface area contributed by atoms with Crippen molar-refractivity contribution in [3.63, 3.8) is 0 Å². The molecule has 2 rings (SSSR count). The number of halogens is 1. The average Bonchev–Trinajstić information content (AvgIpc) is 2.40. The van der Waals surface area contributed by atoms with E-state index in [4.69, 9.17) is 0 Å². The van der Waals surface area contributed by atoms with Gasteiger partial charge in [0.1, 0.15) is 0 Å². The number of hydrogen-bond acceptors (Lipinski definition) is 0. The molecule has 0 aromatic heterocycles. The minimum absolute atomic E-state index is 0. The molecule has 2 aromatic carbocycles. The molecule has 0 saturated heterocycles. The Morgan fingerprint density at radius 1 is 1.11 bits per heavy atom. The standard InChI is InChI=1S/C16H17Br.H4Si/c1-2-3-7-14(12-17)16-11-6-9-13-8-4-5-10-15(13)16;/h4-6,8-12H,2-3,7H2,1H3;1H4. The Kier molecular flexibility index (Phi) is 6.37. The first-order valence-electron chi connectivity index (χ1n) is 6.14. The van der Waals surface area contributed by atoms with Crippen molar-refractivity contribution in [1.29, 1.82) is 0 Å². The molecule has 0 bridgehead atoms. The van der Waals surface area contributed by atoms with Crippen LogP contribution in [-0.4, -0.2) is 11.0 Å². The lowest BCUT2D eigenvalue weighted by Crippen LogP contribution is -1.86. The van der Waals surface area contributed by atoms with Gasteiger partial charge in [0.2, 0.25) is 0 Å². The van der Waals surface area contributed by atoms with E-state index in [1.165, 1.54) is 34.8 Å². The molecule has 0 aliphatic rings. The van der Waals surface area contributed by atoms with Gasteiger partial charge in [-0.2, -0.15) is 0 Å². The number of unbranched alkanes of at least 4 members (excludes halogenated alkanes) is 1. The van der Waals surface area contributed by atoms with Gasteiger partial charge in [-0.15, -0.1) is 0 Å². The SMILES string of the molecule is CCCCC(=CBr)c1cccc2ccccc12.[SiH4]. The van der Waals surface area contributed by atoms with Crippen LogP contribution < -0.4 is 0 Å². The fraction of sp³-hybridized carbons (Fsp3) is 0.250. The Labute approximate surface area is 122 Å². The maximum Gasteiger partial charge on any atom is -0.0108 e. The van der Waals surface area contributed by atoms with E-state index in [9.17, 15) is 0 Å². The second kappa shape index (κ2) is 7.55. The van der Waals surface area contributed by atoms with Gasteiger partial charge in [-0.1, -0.05) is 71.7 Å². The van der Waals surface area contributed by atoms with Crippen LogP contribution in [0.15, 0.2) is 47.4 Å². The van der Waals surface area contributed by atoms with Crippen molar-refractivity contribution in [3.8, 4) is 0 Å². The van der Waals surface area contributed by atoms with Crippen LogP contribution in [0.25, 0.3) is 16.3 Å². The summed E-state index contributed by atoms with van der Waals surface area (Å²) in [7, 11) is 0. The molecule has 18 heavy (non-hydrogen) atoms. The molecule has 0 N–H and O–H groups in total. The maximum atomic E-state index is 3.51. The van der Waals surface area contributed by atoms with Gasteiger partial charge >= 0.3 is 0 Å². The van der Waals surface area contributed by atoms with Gasteiger partial charge in [0.15, 0.2) is 0 Å². The Morgan fingerprint density at radius 2 is 1.83 bits per heavy atom. The number of fused-ring (bicyclic) bond motifs is 1. The van der Waals surface area contributed by atoms with Crippen molar-refractivity contribution in [2.24, 2.45) is 0 Å². The van der Waals surface area contributed by atoms with E-state index in [0.717, 1.165) is 6.42 Å². The Balaban J connectivity index is 0.00000162. The molecule has 2 heteroatoms. The second-order valence-electron chi connectivity index (χ2n) is 4.26. The topological polar surface area (TPSA) is 0 Å². The quantitative estimate of drug-likeness (QED) is 0.736. The summed E-state index contributed by atoms with van der Waals surface area (Å²) in [6.45, 7) is 2.23. The van der Waals surface area contributed by atoms with Gasteiger partial charge in [-0.25, -0.2) is 0 Å². The molecule has 0 atom stereocenters. The fourth-order valence-corrected chi connectivity index (χ4v) is 2.60. The molecule has 0 aliphatic carbocycles. The molecule has 96 valence electrons. The number of benzene rings is 2. The van der Waals surface area contributed by atoms with E-state index in [1.54, 1.807) is 0 Å². The molecule has 0 saturated carbocycles. The molecule has 0 aliphatic heterocycles. The van der Waals surface area contributed by atoms with E-state index in [1.807, 2.05) is 0 Å². The molecule has 0 nitrogen and oxygen atoms in total. The fourth-order valence-electron chi connectivity index (χ4n) is 2.12. The number of rotatable bonds is 4. The van der Waals surface area contributed by atoms with Crippen LogP contribution >= 0.6 is 15.9 Å². The molecular formula is C16H21BrSi. The summed E-state index contributed by atoms with van der Waals surface area (Å²) in [5.74, 6) is 0. The van der Waals surface area contributed by atoms with Crippen LogP contribution in [0.3, 0.4) is 0 Å². The first-order chi connectivity index (χ1) is 8.36. The van der Waals surface area contributed by atoms with Crippen molar-refractivity contribution in [1.82, 2.24) is 0 Å². The number of hydrogen-bond donors (Lipinski definition) is 0. The Morgan fingerprint density at radius 3 is 2.56 bits per heavy atom. The summed E-state index contributed by atoms with van der Waals surface area (Å²) in [5, 5.41) is 2.66. The average molecular weight is 321 g/mol. The first-order valence-corrected chi connectivity index (χ1v) is 7.05. The predicted octanol–water partition coefficient (Wildman–Crippen LogP) is 4.31. The molecule has 2 aromatic rings. The van der Waals surface area contributed by atoms with Crippen molar-refractivity contribution in [2.45, 2.75) is 26.2 Å². The zero-order valence-corrected chi connectivity index (χ0v) is 11.7. The summed E-state index contributed by atoms with van der Waals surface area (Å²) >= 11 is 3.51. The monoisotopic (exact) mass is 320 g/mol. The van der Waals surface area contributed by atoms with Crippen molar-refractivity contribution in [2.75, 3.05) is 0 Å². The van der Waals surface area contributed by atoms with Crippen molar-refractivity contribution < 1.29 is 0 Å². The van der Waals surface area contributed by atoms with Crippen molar-refractivity contribution >= 4 is 43.2 Å². The van der Waals surface area contributed by atoms with Gasteiger partial charge in [0.25, 0.3) is 0 Å². The molecule has 0 amide bonds. The minimum Gasteiger partial charge on any atom is -0.0654 e. The summed E-state index contributed by atoms with van der Waals surface area (Å²) in [4.78, 5) is 2.07. The summed E-state index contributed by atoms with van der Waals surface area (Å²) in [6.07, 6.45) is 3.60. The van der Waals surface area contributed by atoms with Gasteiger partial charge < -0.3 is 0 Å². The van der Waals surface area contributed by atoms with E-state index in [0.29, 0.717) is 0 Å². The highest BCUT2D eigenvalue weighted by atomic mass is 79.9. The predicted molar refractivity (Wildman–Crippen MR) is 91.7 cm³/mol. The number of allylic oxidation sites excluding steroid dienone is 1. The second-order valence-corrected chi connectivity index (χ2v) is 4.72. The van der Waals surface area contributed by atoms with E-state index < -0.39 is 0 Å². The minimum atomic E-state index is 0. The molecular weight excluding hydrogens is 300 g/mol. The van der Waals surface area contributed by atoms with Crippen molar-refractivity contribution in [3.05, 3.63) is 53.0 Å². The molecule has 0 radical (unpaired) electrons. The zero-order valence-electron chi connectivity index (χ0n) is 10.1. The zero-order chi connectivity index (χ0) is 12.1. The highest BCUT2D eigenvalue weighted by Crippen LogP contribution is 2.29. The largest absolute Gasteiger partial charge is 0.0654 e. The third-order valence-corrected chi connectivity index (χ3v) is 3.62. The van der Waals surface area contributed by atoms with Gasteiger partial charge in [-0.05, 0) is 50.7 Å². The molecule has 0 spiro atoms. The third kappa shape index (κ3) is 3.33. The summed E-state index contributed by atoms with van der Waals surface area (Å²) in [5.41, 5.74) is 2.75. The van der Waals surface area contributed by atoms with E-state index in [-0.39, 0.29) is 11.0 Å². The smallest absolute Gasteiger partial charge is 0.0108 e. The summed E-state index contributed by atoms with van der Waals surface area (Å²) in [6, 6.07) is 15.1. The van der Waals surface area contributed by atoms with Crippen LogP contribution in [0, 0.1) is 0 Å². The lowest BCUT2D eigenvalue weighted by Gasteiger charge is -2.09. The van der Waals surface area contributed by atoms with Gasteiger partial charge in [0, 0.05) is 0 Å². The lowest BCUT2D eigenvalue weighted by molar-refractivity contribution is 0.825. The van der Waals surface area contributed by atoms with Gasteiger partial charge in [-0.3, -0.25) is 0 Å². The van der Waals surface area contributed by atoms with Crippen LogP contribution in [0.5, 0.6) is 0 Å². The maximum absolute atomic E-state index is 3.51. The molecule has 0 unspecified atom stereocenters. The van der Waals surface area contributed by atoms with Crippen LogP contribution in [0.1, 0.15) is 31.7 Å². The lowest BCUT2D eigenvalue weighted by atomic mass is 9.96. The highest BCUT2D eigenvalue weighted by Gasteiger charge is 2.05. The molecule has 0 heterocycles. The van der Waals surface area contributed by atoms with E-state index in [2.05, 4.69) is 70.3 Å². The van der Waals surface area contributed by atoms with E-state index >= 15 is 0 Å². The van der Waals surface area contributed by atoms with Gasteiger partial charge in [0.05, 0.1) is 0 Å². The Bertz CT molecular complexity index is 526. The normalized spacial score (nSPS) is 11.3. The summed E-state index contributed by atoms with van der Waals surface area (Å²) < 4.78 is 0. The van der Waals surface area contributed by atoms with Crippen LogP contribution in [0.4, 0.5) is 0 Å². The molecule has 0 fully saturated rings. The third-order valence-electron chi connectivity index (χ3n) is 3.07. The van der Waals surface area contributed by atoms with Crippen LogP contribution in [-0.2, 0) is 0 Å². The highest BCUT2D eigenvalue weighted by molar-refractivity contribution is 9.11. The van der Waals surface area contributed by atoms with Crippen LogP contribution in [0.2, 0.25) is 0 Å². The Hall–Kier alpha value is -0.863. The first kappa shape index (κ1) is 15.2.